The van der Waals surface area contributed by atoms with Gasteiger partial charge in [-0.05, 0) is 0 Å². The van der Waals surface area contributed by atoms with Crippen LogP contribution in [-0.4, -0.2) is 36.5 Å². The van der Waals surface area contributed by atoms with Crippen LogP contribution >= 0.6 is 0 Å². The van der Waals surface area contributed by atoms with Gasteiger partial charge in [0.15, 0.2) is 0 Å². The summed E-state index contributed by atoms with van der Waals surface area (Å²) >= 11 is 0. The number of carbonyl (C=O) groups is 2. The van der Waals surface area contributed by atoms with Crippen LogP contribution in [0.25, 0.3) is 0 Å². The van der Waals surface area contributed by atoms with Crippen LogP contribution in [0.3, 0.4) is 0 Å². The maximum Gasteiger partial charge on any atom is 0.293 e. The van der Waals surface area contributed by atoms with E-state index in [4.69, 9.17) is 4.74 Å². The molecule has 1 amide bonds. The van der Waals surface area contributed by atoms with E-state index in [1.165, 1.54) is 6.92 Å². The number of likely N-dealkylation sites (tertiary alicyclic amines) is 1. The minimum Gasteiger partial charge on any atom is -0.463 e. The van der Waals surface area contributed by atoms with Gasteiger partial charge in [-0.15, -0.1) is 0 Å². The quantitative estimate of drug-likeness (QED) is 0.520. The van der Waals surface area contributed by atoms with Crippen molar-refractivity contribution in [3.63, 3.8) is 0 Å². The standard InChI is InChI=1S/C7H11NO3/c1-6(10)8-3-2-7(4-8)11-5-9/h5,7H,2-4H2,1H3. The zero-order valence-electron chi connectivity index (χ0n) is 6.45. The van der Waals surface area contributed by atoms with Crippen molar-refractivity contribution in [2.45, 2.75) is 19.4 Å². The van der Waals surface area contributed by atoms with Crippen LogP contribution in [0, 0.1) is 0 Å². The lowest BCUT2D eigenvalue weighted by Crippen LogP contribution is -2.27. The molecule has 0 radical (unpaired) electrons. The van der Waals surface area contributed by atoms with E-state index < -0.39 is 0 Å². The van der Waals surface area contributed by atoms with Gasteiger partial charge in [-0.2, -0.15) is 0 Å². The van der Waals surface area contributed by atoms with Gasteiger partial charge < -0.3 is 9.64 Å². The van der Waals surface area contributed by atoms with Crippen LogP contribution in [0.1, 0.15) is 13.3 Å². The van der Waals surface area contributed by atoms with Gasteiger partial charge in [0.05, 0.1) is 6.54 Å². The number of amides is 1. The summed E-state index contributed by atoms with van der Waals surface area (Å²) in [5.41, 5.74) is 0. The Morgan fingerprint density at radius 2 is 2.45 bits per heavy atom. The maximum atomic E-state index is 10.8. The maximum absolute atomic E-state index is 10.8. The summed E-state index contributed by atoms with van der Waals surface area (Å²) in [6, 6.07) is 0. The normalized spacial score (nSPS) is 23.4. The number of ether oxygens (including phenoxy) is 1. The summed E-state index contributed by atoms with van der Waals surface area (Å²) < 4.78 is 4.71. The van der Waals surface area contributed by atoms with Crippen LogP contribution < -0.4 is 0 Å². The molecule has 1 saturated heterocycles. The first-order valence-corrected chi connectivity index (χ1v) is 3.58. The molecule has 0 N–H and O–H groups in total. The summed E-state index contributed by atoms with van der Waals surface area (Å²) in [6.45, 7) is 3.21. The number of hydrogen-bond acceptors (Lipinski definition) is 3. The molecule has 0 bridgehead atoms. The first-order valence-electron chi connectivity index (χ1n) is 3.58. The fourth-order valence-corrected chi connectivity index (χ4v) is 1.20. The molecule has 0 aliphatic carbocycles. The number of nitrogens with zero attached hydrogens (tertiary/aromatic N) is 1. The topological polar surface area (TPSA) is 46.6 Å². The second-order valence-corrected chi connectivity index (χ2v) is 2.61. The van der Waals surface area contributed by atoms with Gasteiger partial charge in [-0.1, -0.05) is 0 Å². The minimum absolute atomic E-state index is 0.0435. The molecule has 0 aromatic heterocycles. The lowest BCUT2D eigenvalue weighted by molar-refractivity contribution is -0.135. The molecule has 4 nitrogen and oxygen atoms in total. The number of hydrogen-bond donors (Lipinski definition) is 0. The molecular weight excluding hydrogens is 146 g/mol. The fourth-order valence-electron chi connectivity index (χ4n) is 1.20. The first-order chi connectivity index (χ1) is 5.24. The highest BCUT2D eigenvalue weighted by molar-refractivity contribution is 5.73. The van der Waals surface area contributed by atoms with Crippen LogP contribution in [-0.2, 0) is 14.3 Å². The predicted octanol–water partition coefficient (Wildman–Crippen LogP) is -0.220. The minimum atomic E-state index is -0.0867. The highest BCUT2D eigenvalue weighted by atomic mass is 16.5. The molecule has 1 atom stereocenters. The van der Waals surface area contributed by atoms with E-state index in [9.17, 15) is 9.59 Å². The molecule has 1 rings (SSSR count). The van der Waals surface area contributed by atoms with Crippen LogP contribution in [0.4, 0.5) is 0 Å². The molecule has 0 saturated carbocycles. The van der Waals surface area contributed by atoms with E-state index in [2.05, 4.69) is 0 Å². The summed E-state index contributed by atoms with van der Waals surface area (Å²) in [6.07, 6.45) is 0.676. The van der Waals surface area contributed by atoms with E-state index in [1.807, 2.05) is 0 Å². The van der Waals surface area contributed by atoms with Gasteiger partial charge >= 0.3 is 0 Å². The molecule has 1 unspecified atom stereocenters. The average Bonchev–Trinajstić information content (AvgIpc) is 2.37. The monoisotopic (exact) mass is 157 g/mol. The third-order valence-corrected chi connectivity index (χ3v) is 1.84. The largest absolute Gasteiger partial charge is 0.463 e. The fraction of sp³-hybridized carbons (Fsp3) is 0.714. The van der Waals surface area contributed by atoms with Crippen LogP contribution in [0.15, 0.2) is 0 Å². The van der Waals surface area contributed by atoms with Crippen molar-refractivity contribution in [3.05, 3.63) is 0 Å². The van der Waals surface area contributed by atoms with E-state index in [0.29, 0.717) is 19.6 Å². The Labute approximate surface area is 65.1 Å². The zero-order valence-corrected chi connectivity index (χ0v) is 6.45. The van der Waals surface area contributed by atoms with E-state index in [1.54, 1.807) is 4.90 Å². The zero-order chi connectivity index (χ0) is 8.27. The Morgan fingerprint density at radius 3 is 2.91 bits per heavy atom. The molecule has 4 heteroatoms. The number of rotatable bonds is 2. The highest BCUT2D eigenvalue weighted by Crippen LogP contribution is 2.11. The van der Waals surface area contributed by atoms with Gasteiger partial charge in [0.1, 0.15) is 6.10 Å². The summed E-state index contributed by atoms with van der Waals surface area (Å²) in [4.78, 5) is 22.4. The SMILES string of the molecule is CC(=O)N1CCC(OC=O)C1. The molecule has 1 aliphatic rings. The second kappa shape index (κ2) is 3.37. The lowest BCUT2D eigenvalue weighted by atomic mass is 10.3. The summed E-state index contributed by atoms with van der Waals surface area (Å²) in [7, 11) is 0. The van der Waals surface area contributed by atoms with Crippen LogP contribution in [0.5, 0.6) is 0 Å². The van der Waals surface area contributed by atoms with E-state index >= 15 is 0 Å². The molecule has 1 aliphatic heterocycles. The molecule has 0 aromatic carbocycles. The molecule has 0 spiro atoms. The first kappa shape index (κ1) is 8.04. The van der Waals surface area contributed by atoms with Crippen molar-refractivity contribution >= 4 is 12.4 Å². The van der Waals surface area contributed by atoms with Gasteiger partial charge in [0.25, 0.3) is 6.47 Å². The third kappa shape index (κ3) is 1.93. The third-order valence-electron chi connectivity index (χ3n) is 1.84. The lowest BCUT2D eigenvalue weighted by Gasteiger charge is -2.12. The Hall–Kier alpha value is -1.06. The summed E-state index contributed by atoms with van der Waals surface area (Å²) in [5, 5.41) is 0. The van der Waals surface area contributed by atoms with Crippen molar-refractivity contribution in [1.29, 1.82) is 0 Å². The average molecular weight is 157 g/mol. The molecular formula is C7H11NO3. The molecule has 11 heavy (non-hydrogen) atoms. The second-order valence-electron chi connectivity index (χ2n) is 2.61. The molecule has 62 valence electrons. The van der Waals surface area contributed by atoms with Gasteiger partial charge in [-0.3, -0.25) is 9.59 Å². The smallest absolute Gasteiger partial charge is 0.293 e. The van der Waals surface area contributed by atoms with Gasteiger partial charge in [-0.25, -0.2) is 0 Å². The Morgan fingerprint density at radius 1 is 1.73 bits per heavy atom. The van der Waals surface area contributed by atoms with Crippen LogP contribution in [0.2, 0.25) is 0 Å². The Balaban J connectivity index is 2.34. The Kier molecular flexibility index (Phi) is 2.46. The summed E-state index contributed by atoms with van der Waals surface area (Å²) in [5.74, 6) is 0.0435. The van der Waals surface area contributed by atoms with Gasteiger partial charge in [0, 0.05) is 19.9 Å². The molecule has 1 fully saturated rings. The van der Waals surface area contributed by atoms with Crippen molar-refractivity contribution in [2.24, 2.45) is 0 Å². The van der Waals surface area contributed by atoms with Crippen molar-refractivity contribution in [3.8, 4) is 0 Å². The van der Waals surface area contributed by atoms with E-state index in [-0.39, 0.29) is 12.0 Å². The predicted molar refractivity (Wildman–Crippen MR) is 37.8 cm³/mol. The van der Waals surface area contributed by atoms with Crippen molar-refractivity contribution in [2.75, 3.05) is 13.1 Å². The highest BCUT2D eigenvalue weighted by Gasteiger charge is 2.24. The van der Waals surface area contributed by atoms with E-state index in [0.717, 1.165) is 6.42 Å². The van der Waals surface area contributed by atoms with Crippen molar-refractivity contribution < 1.29 is 14.3 Å². The molecule has 1 heterocycles. The molecule has 0 aromatic rings. The van der Waals surface area contributed by atoms with Gasteiger partial charge in [0.2, 0.25) is 5.91 Å². The van der Waals surface area contributed by atoms with Crippen molar-refractivity contribution in [1.82, 2.24) is 4.90 Å². The Bertz CT molecular complexity index is 169. The number of carbonyl (C=O) groups excluding carboxylic acids is 2.